The van der Waals surface area contributed by atoms with E-state index in [1.807, 2.05) is 12.2 Å². The van der Waals surface area contributed by atoms with Gasteiger partial charge in [-0.15, -0.1) is 35.2 Å². The van der Waals surface area contributed by atoms with Crippen LogP contribution in [0.5, 0.6) is 0 Å². The normalized spacial score (nSPS) is 12.2. The molecule has 0 heterocycles. The summed E-state index contributed by atoms with van der Waals surface area (Å²) in [4.78, 5) is 0. The van der Waals surface area contributed by atoms with E-state index in [2.05, 4.69) is 203 Å². The maximum absolute atomic E-state index is 3.95. The second kappa shape index (κ2) is 21.3. The molecule has 2 aliphatic rings. The number of benzene rings is 6. The van der Waals surface area contributed by atoms with Gasteiger partial charge in [0, 0.05) is 0 Å². The molecule has 0 nitrogen and oxygen atoms in total. The van der Waals surface area contributed by atoms with Crippen LogP contribution in [-0.2, 0) is 54.3 Å². The van der Waals surface area contributed by atoms with Crippen LogP contribution in [0.1, 0.15) is 104 Å². The standard InChI is InChI=1S/C37H41.C15H14.C5H5.2ClH.Zr/c1-22-11-23(2)14-26(13-22)32-18-28-17-29-19-33(27-15-24(3)12-25(4)16-27)35(37(8,9)10)21-31(29)30(28)20-34(32)36(5,6)7;1-3-8-14(9-4-1)12-7-13-15-10-5-2-6-11-15;1-2-4-5-3-1;;;/h11-16,18,20-21H,17H2,1-10H3;1-6,8-11H,12-13H2;1-3H,4H2;2*1H;/q-1;;-1;;;+2/p-2. The van der Waals surface area contributed by atoms with Crippen molar-refractivity contribution in [1.29, 1.82) is 0 Å². The summed E-state index contributed by atoms with van der Waals surface area (Å²) in [5.41, 5.74) is 21.7. The van der Waals surface area contributed by atoms with E-state index in [4.69, 9.17) is 0 Å². The Labute approximate surface area is 389 Å². The number of hydrogen-bond acceptors (Lipinski definition) is 0. The van der Waals surface area contributed by atoms with Gasteiger partial charge in [-0.3, -0.25) is 6.08 Å². The van der Waals surface area contributed by atoms with E-state index < -0.39 is 0 Å². The molecular formula is C57H60Cl2Zr-2. The first kappa shape index (κ1) is 48.8. The van der Waals surface area contributed by atoms with Crippen molar-refractivity contribution in [3.63, 3.8) is 0 Å². The van der Waals surface area contributed by atoms with Crippen LogP contribution in [0, 0.1) is 39.8 Å². The third kappa shape index (κ3) is 12.8. The first-order chi connectivity index (χ1) is 27.5. The molecule has 0 amide bonds. The van der Waals surface area contributed by atoms with E-state index >= 15 is 0 Å². The van der Waals surface area contributed by atoms with Gasteiger partial charge < -0.3 is 24.8 Å². The predicted molar refractivity (Wildman–Crippen MR) is 248 cm³/mol. The molecular weight excluding hydrogens is 847 g/mol. The number of hydrogen-bond donors (Lipinski definition) is 0. The van der Waals surface area contributed by atoms with Crippen LogP contribution in [-0.4, -0.2) is 3.21 Å². The van der Waals surface area contributed by atoms with Gasteiger partial charge in [0.15, 0.2) is 0 Å². The summed E-state index contributed by atoms with van der Waals surface area (Å²) in [6.45, 7) is 22.8. The molecule has 0 aliphatic heterocycles. The van der Waals surface area contributed by atoms with Crippen molar-refractivity contribution in [1.82, 2.24) is 0 Å². The van der Waals surface area contributed by atoms with E-state index in [9.17, 15) is 0 Å². The monoisotopic (exact) mass is 904 g/mol. The van der Waals surface area contributed by atoms with E-state index in [1.54, 1.807) is 27.4 Å². The number of aryl methyl sites for hydroxylation is 4. The zero-order valence-corrected chi connectivity index (χ0v) is 41.3. The zero-order valence-electron chi connectivity index (χ0n) is 37.3. The average molecular weight is 907 g/mol. The molecule has 0 atom stereocenters. The van der Waals surface area contributed by atoms with E-state index in [-0.39, 0.29) is 35.6 Å². The van der Waals surface area contributed by atoms with Crippen molar-refractivity contribution in [2.75, 3.05) is 0 Å². The van der Waals surface area contributed by atoms with Gasteiger partial charge in [0.25, 0.3) is 0 Å². The fourth-order valence-electron chi connectivity index (χ4n) is 8.22. The molecule has 0 spiro atoms. The summed E-state index contributed by atoms with van der Waals surface area (Å²) in [6, 6.07) is 46.6. The molecule has 6 aromatic carbocycles. The Morgan fingerprint density at radius 2 is 1.05 bits per heavy atom. The summed E-state index contributed by atoms with van der Waals surface area (Å²) in [7, 11) is 0. The predicted octanol–water partition coefficient (Wildman–Crippen LogP) is 8.73. The van der Waals surface area contributed by atoms with Crippen molar-refractivity contribution in [3.05, 3.63) is 201 Å². The Balaban J connectivity index is 0.000000285. The van der Waals surface area contributed by atoms with Gasteiger partial charge in [-0.25, -0.2) is 12.2 Å². The Hall–Kier alpha value is -3.87. The number of allylic oxidation sites excluding steroid dienone is 4. The first-order valence-electron chi connectivity index (χ1n) is 20.9. The van der Waals surface area contributed by atoms with Gasteiger partial charge in [0.2, 0.25) is 0 Å². The second-order valence-electron chi connectivity index (χ2n) is 18.4. The molecule has 0 unspecified atom stereocenters. The molecule has 6 aromatic rings. The molecule has 0 aromatic heterocycles. The second-order valence-corrected chi connectivity index (χ2v) is 20.1. The van der Waals surface area contributed by atoms with Crippen LogP contribution >= 0.6 is 0 Å². The molecule has 308 valence electrons. The summed E-state index contributed by atoms with van der Waals surface area (Å²) >= 11 is 1.55. The van der Waals surface area contributed by atoms with Crippen LogP contribution in [0.3, 0.4) is 0 Å². The van der Waals surface area contributed by atoms with Gasteiger partial charge in [-0.05, 0) is 67.2 Å². The van der Waals surface area contributed by atoms with Crippen molar-refractivity contribution in [2.24, 2.45) is 0 Å². The molecule has 0 radical (unpaired) electrons. The molecule has 0 saturated carbocycles. The molecule has 0 fully saturated rings. The summed E-state index contributed by atoms with van der Waals surface area (Å²) < 4.78 is 1.60. The topological polar surface area (TPSA) is 0 Å². The molecule has 0 bridgehead atoms. The van der Waals surface area contributed by atoms with Gasteiger partial charge in [0.1, 0.15) is 0 Å². The van der Waals surface area contributed by atoms with Crippen molar-refractivity contribution < 1.29 is 49.0 Å². The minimum absolute atomic E-state index is 0. The van der Waals surface area contributed by atoms with E-state index in [1.165, 1.54) is 89.0 Å². The maximum atomic E-state index is 3.95. The molecule has 0 saturated heterocycles. The Morgan fingerprint density at radius 3 is 1.48 bits per heavy atom. The average Bonchev–Trinajstić information content (AvgIpc) is 3.85. The van der Waals surface area contributed by atoms with E-state index in [0.717, 1.165) is 25.7 Å². The van der Waals surface area contributed by atoms with Gasteiger partial charge in [0.05, 0.1) is 0 Å². The first-order valence-corrected chi connectivity index (χ1v) is 22.1. The van der Waals surface area contributed by atoms with Crippen LogP contribution in [0.4, 0.5) is 0 Å². The van der Waals surface area contributed by atoms with Crippen molar-refractivity contribution in [2.45, 2.75) is 106 Å². The summed E-state index contributed by atoms with van der Waals surface area (Å²) in [5.74, 6) is 0. The Morgan fingerprint density at radius 1 is 0.567 bits per heavy atom. The fraction of sp³-hybridized carbons (Fsp3) is 0.281. The number of fused-ring (bicyclic) bond motifs is 3. The number of halogens is 2. The van der Waals surface area contributed by atoms with Crippen LogP contribution in [0.25, 0.3) is 33.4 Å². The molecule has 0 N–H and O–H groups in total. The molecule has 8 rings (SSSR count). The van der Waals surface area contributed by atoms with E-state index in [0.29, 0.717) is 0 Å². The fourth-order valence-corrected chi connectivity index (χ4v) is 9.22. The quantitative estimate of drug-likeness (QED) is 0.147. The van der Waals surface area contributed by atoms with Gasteiger partial charge in [-0.2, -0.15) is 6.08 Å². The Kier molecular flexibility index (Phi) is 17.3. The van der Waals surface area contributed by atoms with Crippen LogP contribution < -0.4 is 24.8 Å². The van der Waals surface area contributed by atoms with Crippen molar-refractivity contribution in [3.8, 4) is 33.4 Å². The van der Waals surface area contributed by atoms with Gasteiger partial charge in [-0.1, -0.05) is 129 Å². The SMILES string of the molecule is Cc1cc(C)cc(-c2[c-]c3c(cc2C(C)(C)C)-c2cc(C(C)(C)C)c(-c4cc(C)cc(C)c4)cc2C3)c1.[C-]1=CC=CC1.[Cl-].[Cl-].[Zr+2]=[C](Cc1ccccc1)Cc1ccccc1. The van der Waals surface area contributed by atoms with Crippen LogP contribution in [0.15, 0.2) is 133 Å². The minimum atomic E-state index is 0. The Bertz CT molecular complexity index is 2240. The summed E-state index contributed by atoms with van der Waals surface area (Å²) in [5, 5.41) is 0. The van der Waals surface area contributed by atoms with Crippen LogP contribution in [0.2, 0.25) is 0 Å². The molecule has 3 heteroatoms. The van der Waals surface area contributed by atoms with Crippen molar-refractivity contribution >= 4 is 3.21 Å². The van der Waals surface area contributed by atoms with Gasteiger partial charge >= 0.3 is 112 Å². The molecule has 2 aliphatic carbocycles. The summed E-state index contributed by atoms with van der Waals surface area (Å²) in [6.07, 6.45) is 13.2. The number of rotatable bonds is 6. The zero-order chi connectivity index (χ0) is 41.6. The molecule has 60 heavy (non-hydrogen) atoms. The third-order valence-corrected chi connectivity index (χ3v) is 11.7. The third-order valence-electron chi connectivity index (χ3n) is 10.8.